The molecular weight excluding hydrogens is 189 g/mol. The molecule has 1 fully saturated rings. The summed E-state index contributed by atoms with van der Waals surface area (Å²) in [4.78, 5) is 0. The Kier molecular flexibility index (Phi) is 2.79. The summed E-state index contributed by atoms with van der Waals surface area (Å²) in [5.74, 6) is 0.198. The summed E-state index contributed by atoms with van der Waals surface area (Å²) in [7, 11) is 0. The van der Waals surface area contributed by atoms with Crippen LogP contribution in [0.25, 0.3) is 0 Å². The first-order chi connectivity index (χ1) is 7.14. The fourth-order valence-electron chi connectivity index (χ4n) is 2.03. The first kappa shape index (κ1) is 10.6. The van der Waals surface area contributed by atoms with Crippen LogP contribution >= 0.6 is 0 Å². The molecule has 1 aromatic carbocycles. The molecular formula is C13H18FN. The Labute approximate surface area is 90.5 Å². The molecule has 2 rings (SSSR count). The number of aryl methyl sites for hydroxylation is 1. The van der Waals surface area contributed by atoms with Crippen molar-refractivity contribution in [3.05, 3.63) is 35.4 Å². The van der Waals surface area contributed by atoms with Gasteiger partial charge < -0.3 is 5.73 Å². The minimum absolute atomic E-state index is 0.144. The smallest absolute Gasteiger partial charge is 0.130 e. The molecule has 15 heavy (non-hydrogen) atoms. The Hall–Kier alpha value is -0.890. The van der Waals surface area contributed by atoms with Crippen LogP contribution in [0.1, 0.15) is 24.0 Å². The van der Waals surface area contributed by atoms with Crippen molar-refractivity contribution in [3.8, 4) is 0 Å². The molecule has 1 atom stereocenters. The molecule has 2 heteroatoms. The summed E-state index contributed by atoms with van der Waals surface area (Å²) in [5.41, 5.74) is 6.65. The molecule has 1 aliphatic rings. The zero-order valence-corrected chi connectivity index (χ0v) is 9.17. The maximum atomic E-state index is 14.4. The lowest BCUT2D eigenvalue weighted by Gasteiger charge is -2.23. The van der Waals surface area contributed by atoms with Gasteiger partial charge in [-0.2, -0.15) is 0 Å². The third-order valence-electron chi connectivity index (χ3n) is 3.27. The van der Waals surface area contributed by atoms with Gasteiger partial charge in [0.05, 0.1) is 0 Å². The highest BCUT2D eigenvalue weighted by Gasteiger charge is 2.44. The van der Waals surface area contributed by atoms with Crippen molar-refractivity contribution >= 4 is 0 Å². The zero-order chi connectivity index (χ0) is 10.9. The number of rotatable bonds is 4. The summed E-state index contributed by atoms with van der Waals surface area (Å²) in [6.07, 6.45) is 2.47. The number of nitrogens with two attached hydrogens (primary N) is 1. The second kappa shape index (κ2) is 3.93. The van der Waals surface area contributed by atoms with Crippen LogP contribution in [0, 0.1) is 12.8 Å². The summed E-state index contributed by atoms with van der Waals surface area (Å²) in [6.45, 7) is 2.18. The molecule has 0 spiro atoms. The molecule has 0 radical (unpaired) electrons. The lowest BCUT2D eigenvalue weighted by atomic mass is 9.91. The second-order valence-corrected chi connectivity index (χ2v) is 4.68. The molecule has 1 unspecified atom stereocenters. The minimum Gasteiger partial charge on any atom is -0.328 e. The summed E-state index contributed by atoms with van der Waals surface area (Å²) in [5, 5.41) is 0. The SMILES string of the molecule is Cc1ccc(CC(F)(CN)C2CC2)cc1. The summed E-state index contributed by atoms with van der Waals surface area (Å²) < 4.78 is 14.4. The van der Waals surface area contributed by atoms with Gasteiger partial charge in [0, 0.05) is 13.0 Å². The minimum atomic E-state index is -1.17. The third-order valence-corrected chi connectivity index (χ3v) is 3.27. The topological polar surface area (TPSA) is 26.0 Å². The van der Waals surface area contributed by atoms with E-state index in [1.165, 1.54) is 5.56 Å². The van der Waals surface area contributed by atoms with Crippen LogP contribution in [0.15, 0.2) is 24.3 Å². The van der Waals surface area contributed by atoms with Gasteiger partial charge in [0.25, 0.3) is 0 Å². The van der Waals surface area contributed by atoms with Crippen molar-refractivity contribution in [1.29, 1.82) is 0 Å². The standard InChI is InChI=1S/C13H18FN/c1-10-2-4-11(5-3-10)8-13(14,9-15)12-6-7-12/h2-5,12H,6-9,15H2,1H3. The molecule has 82 valence electrons. The quantitative estimate of drug-likeness (QED) is 0.807. The maximum Gasteiger partial charge on any atom is 0.130 e. The Balaban J connectivity index is 2.09. The van der Waals surface area contributed by atoms with E-state index >= 15 is 0 Å². The van der Waals surface area contributed by atoms with Crippen molar-refractivity contribution in [3.63, 3.8) is 0 Å². The monoisotopic (exact) mass is 207 g/mol. The van der Waals surface area contributed by atoms with Crippen LogP contribution < -0.4 is 5.73 Å². The van der Waals surface area contributed by atoms with Crippen LogP contribution in [0.4, 0.5) is 4.39 Å². The second-order valence-electron chi connectivity index (χ2n) is 4.68. The highest BCUT2D eigenvalue weighted by molar-refractivity contribution is 5.23. The molecule has 2 N–H and O–H groups in total. The van der Waals surface area contributed by atoms with E-state index in [2.05, 4.69) is 0 Å². The number of benzene rings is 1. The first-order valence-corrected chi connectivity index (χ1v) is 5.58. The van der Waals surface area contributed by atoms with E-state index in [1.54, 1.807) is 0 Å². The number of halogens is 1. The van der Waals surface area contributed by atoms with E-state index < -0.39 is 5.67 Å². The van der Waals surface area contributed by atoms with E-state index in [0.29, 0.717) is 6.42 Å². The Bertz CT molecular complexity index is 329. The molecule has 0 amide bonds. The van der Waals surface area contributed by atoms with Crippen molar-refractivity contribution in [1.82, 2.24) is 0 Å². The summed E-state index contributed by atoms with van der Waals surface area (Å²) >= 11 is 0. The molecule has 0 aromatic heterocycles. The van der Waals surface area contributed by atoms with E-state index in [1.807, 2.05) is 31.2 Å². The van der Waals surface area contributed by atoms with Crippen LogP contribution in [0.3, 0.4) is 0 Å². The fourth-order valence-corrected chi connectivity index (χ4v) is 2.03. The van der Waals surface area contributed by atoms with Gasteiger partial charge in [-0.3, -0.25) is 0 Å². The highest BCUT2D eigenvalue weighted by Crippen LogP contribution is 2.43. The van der Waals surface area contributed by atoms with Crippen molar-refractivity contribution in [2.24, 2.45) is 11.7 Å². The van der Waals surface area contributed by atoms with Crippen LogP contribution in [0.2, 0.25) is 0 Å². The molecule has 0 aliphatic heterocycles. The third kappa shape index (κ3) is 2.37. The van der Waals surface area contributed by atoms with Gasteiger partial charge in [0.2, 0.25) is 0 Å². The number of hydrogen-bond acceptors (Lipinski definition) is 1. The molecule has 1 aromatic rings. The average Bonchev–Trinajstić information content (AvgIpc) is 3.05. The molecule has 1 aliphatic carbocycles. The Morgan fingerprint density at radius 3 is 2.40 bits per heavy atom. The normalized spacial score (nSPS) is 19.9. The number of alkyl halides is 1. The van der Waals surface area contributed by atoms with Gasteiger partial charge in [-0.1, -0.05) is 29.8 Å². The number of hydrogen-bond donors (Lipinski definition) is 1. The van der Waals surface area contributed by atoms with Crippen LogP contribution in [-0.2, 0) is 6.42 Å². The lowest BCUT2D eigenvalue weighted by Crippen LogP contribution is -2.37. The van der Waals surface area contributed by atoms with E-state index in [-0.39, 0.29) is 12.5 Å². The fraction of sp³-hybridized carbons (Fsp3) is 0.538. The van der Waals surface area contributed by atoms with Crippen molar-refractivity contribution in [2.45, 2.75) is 31.9 Å². The Morgan fingerprint density at radius 2 is 1.93 bits per heavy atom. The van der Waals surface area contributed by atoms with Crippen molar-refractivity contribution < 1.29 is 4.39 Å². The van der Waals surface area contributed by atoms with Crippen LogP contribution in [-0.4, -0.2) is 12.2 Å². The predicted molar refractivity (Wildman–Crippen MR) is 60.5 cm³/mol. The molecule has 0 heterocycles. The van der Waals surface area contributed by atoms with E-state index in [0.717, 1.165) is 18.4 Å². The van der Waals surface area contributed by atoms with E-state index in [4.69, 9.17) is 5.73 Å². The first-order valence-electron chi connectivity index (χ1n) is 5.58. The highest BCUT2D eigenvalue weighted by atomic mass is 19.1. The average molecular weight is 207 g/mol. The maximum absolute atomic E-state index is 14.4. The van der Waals surface area contributed by atoms with E-state index in [9.17, 15) is 4.39 Å². The summed E-state index contributed by atoms with van der Waals surface area (Å²) in [6, 6.07) is 8.06. The molecule has 1 nitrogen and oxygen atoms in total. The molecule has 1 saturated carbocycles. The van der Waals surface area contributed by atoms with Gasteiger partial charge in [-0.05, 0) is 31.2 Å². The van der Waals surface area contributed by atoms with Crippen LogP contribution in [0.5, 0.6) is 0 Å². The van der Waals surface area contributed by atoms with Gasteiger partial charge >= 0.3 is 0 Å². The Morgan fingerprint density at radius 1 is 1.33 bits per heavy atom. The lowest BCUT2D eigenvalue weighted by molar-refractivity contribution is 0.142. The zero-order valence-electron chi connectivity index (χ0n) is 9.17. The van der Waals surface area contributed by atoms with Gasteiger partial charge in [0.1, 0.15) is 5.67 Å². The molecule has 0 bridgehead atoms. The van der Waals surface area contributed by atoms with Gasteiger partial charge in [-0.25, -0.2) is 4.39 Å². The van der Waals surface area contributed by atoms with Crippen molar-refractivity contribution in [2.75, 3.05) is 6.54 Å². The van der Waals surface area contributed by atoms with Gasteiger partial charge in [-0.15, -0.1) is 0 Å². The van der Waals surface area contributed by atoms with Gasteiger partial charge in [0.15, 0.2) is 0 Å². The molecule has 0 saturated heterocycles. The largest absolute Gasteiger partial charge is 0.328 e. The predicted octanol–water partition coefficient (Wildman–Crippen LogP) is 2.61.